The number of aryl methyl sites for hydroxylation is 2. The quantitative estimate of drug-likeness (QED) is 0.0540. The van der Waals surface area contributed by atoms with Gasteiger partial charge in [-0.15, -0.1) is 106 Å². The van der Waals surface area contributed by atoms with Crippen molar-refractivity contribution in [1.82, 2.24) is 0 Å². The molecule has 1 atom stereocenters. The van der Waals surface area contributed by atoms with Crippen molar-refractivity contribution >= 4 is 0 Å². The zero-order valence-corrected chi connectivity index (χ0v) is 59.8. The minimum atomic E-state index is -0.736. The standard InChI is InChI=1S/C12H22.C10H10.C10H18.C9H8.C9H16.C8H14O.C8H14.C7H10O.C6H10.C5H8.C3H4O/c1-3-5-7-9-11-12-10-8-6-4-2;1-3-9-5-7-10(4-2)8-6-9;1-3-5-7-9-10-8-6-4-2;1-3-9-6-4-5-8(2)7-9;1-3-5-7-9-8-6-4-2;1-3-5-6-7-8(9)4-2;1-3-5-7-8-6-4-2;1-2-7(8)5-3-4-6-7;1-4-5-6(2)3;1-3-5-4-2;1-2-3-4/h1H,4-12H2,2H3;1,5-8H,4H2,2H3;1H,4-10H2,2H3;1,4-7H,2H3;1H,4-9H2,2H3;2,8-9H,3,5-7H2,1H3;1H,4-8H2,2H3;1,8H,3-6H2;1,6H,5H2,2-3H3;1H,4-5H2,2H3;1,4H,3H2. The van der Waals surface area contributed by atoms with Crippen LogP contribution in [0.15, 0.2) is 48.5 Å². The van der Waals surface area contributed by atoms with Crippen molar-refractivity contribution in [2.24, 2.45) is 5.92 Å². The first-order chi connectivity index (χ1) is 43.5. The number of hydrogen-bond acceptors (Lipinski definition) is 3. The minimum Gasteiger partial charge on any atom is -0.384 e. The molecule has 1 fully saturated rings. The summed E-state index contributed by atoms with van der Waals surface area (Å²) < 4.78 is 0. The van der Waals surface area contributed by atoms with Crippen LogP contribution in [0.5, 0.6) is 0 Å². The average Bonchev–Trinajstić information content (AvgIpc) is 4.10. The predicted octanol–water partition coefficient (Wildman–Crippen LogP) is 22.5. The van der Waals surface area contributed by atoms with Crippen LogP contribution in [-0.4, -0.2) is 33.6 Å². The lowest BCUT2D eigenvalue weighted by Crippen LogP contribution is -2.20. The fourth-order valence-electron chi connectivity index (χ4n) is 7.58. The minimum absolute atomic E-state index is 0.153. The van der Waals surface area contributed by atoms with Crippen LogP contribution in [0.4, 0.5) is 0 Å². The van der Waals surface area contributed by atoms with Crippen molar-refractivity contribution in [3.8, 4) is 136 Å². The zero-order valence-electron chi connectivity index (χ0n) is 59.8. The van der Waals surface area contributed by atoms with E-state index in [1.54, 1.807) is 0 Å². The molecule has 2 aromatic rings. The molecule has 3 rings (SSSR count). The lowest BCUT2D eigenvalue weighted by molar-refractivity contribution is 0.110. The molecule has 3 N–H and O–H groups in total. The van der Waals surface area contributed by atoms with E-state index in [2.05, 4.69) is 140 Å². The Bertz CT molecular complexity index is 2220. The van der Waals surface area contributed by atoms with Crippen LogP contribution in [0.2, 0.25) is 0 Å². The van der Waals surface area contributed by atoms with E-state index in [1.165, 1.54) is 172 Å². The molecule has 0 aliphatic heterocycles. The van der Waals surface area contributed by atoms with Crippen molar-refractivity contribution in [1.29, 1.82) is 0 Å². The number of terminal acetylenes is 11. The lowest BCUT2D eigenvalue weighted by atomic mass is 10.1. The molecule has 0 heterocycles. The Hall–Kier alpha value is -6.52. The normalized spacial score (nSPS) is 10.4. The topological polar surface area (TPSA) is 60.7 Å². The molecule has 500 valence electrons. The van der Waals surface area contributed by atoms with Crippen LogP contribution in [-0.2, 0) is 6.42 Å². The highest BCUT2D eigenvalue weighted by Gasteiger charge is 2.27. The number of benzene rings is 2. The van der Waals surface area contributed by atoms with Crippen molar-refractivity contribution in [3.05, 3.63) is 70.8 Å². The van der Waals surface area contributed by atoms with Gasteiger partial charge in [-0.2, -0.15) is 0 Å². The molecular formula is C87H134O3. The van der Waals surface area contributed by atoms with Gasteiger partial charge in [0.05, 0.1) is 0 Å². The van der Waals surface area contributed by atoms with Crippen molar-refractivity contribution in [3.63, 3.8) is 0 Å². The first-order valence-electron chi connectivity index (χ1n) is 34.6. The summed E-state index contributed by atoms with van der Waals surface area (Å²) >= 11 is 0. The van der Waals surface area contributed by atoms with Crippen LogP contribution in [0.3, 0.4) is 0 Å². The van der Waals surface area contributed by atoms with E-state index in [-0.39, 0.29) is 6.61 Å². The second-order valence-corrected chi connectivity index (χ2v) is 22.4. The molecule has 3 heteroatoms. The van der Waals surface area contributed by atoms with Gasteiger partial charge in [-0.1, -0.05) is 251 Å². The van der Waals surface area contributed by atoms with Crippen molar-refractivity contribution in [2.75, 3.05) is 6.61 Å². The molecule has 0 saturated heterocycles. The van der Waals surface area contributed by atoms with Crippen molar-refractivity contribution < 1.29 is 15.3 Å². The highest BCUT2D eigenvalue weighted by molar-refractivity contribution is 5.35. The second-order valence-electron chi connectivity index (χ2n) is 22.4. The summed E-state index contributed by atoms with van der Waals surface area (Å²) in [6.07, 6.45) is 101. The Kier molecular flexibility index (Phi) is 104. The van der Waals surface area contributed by atoms with E-state index < -0.39 is 11.7 Å². The summed E-state index contributed by atoms with van der Waals surface area (Å²) in [7, 11) is 0. The second kappa shape index (κ2) is 93.6. The molecule has 1 aliphatic carbocycles. The Labute approximate surface area is 562 Å². The number of unbranched alkanes of at least 4 members (excludes halogenated alkanes) is 26. The third-order valence-electron chi connectivity index (χ3n) is 13.1. The van der Waals surface area contributed by atoms with Gasteiger partial charge < -0.3 is 15.3 Å². The molecule has 0 amide bonds. The largest absolute Gasteiger partial charge is 0.384 e. The van der Waals surface area contributed by atoms with Gasteiger partial charge in [0.25, 0.3) is 0 Å². The van der Waals surface area contributed by atoms with Crippen molar-refractivity contribution in [2.45, 2.75) is 331 Å². The van der Waals surface area contributed by atoms with E-state index in [9.17, 15) is 5.11 Å². The van der Waals surface area contributed by atoms with E-state index in [0.717, 1.165) is 101 Å². The third-order valence-corrected chi connectivity index (χ3v) is 13.1. The summed E-state index contributed by atoms with van der Waals surface area (Å²) in [6.45, 7) is 21.3. The SMILES string of the molecule is C#CC(O)CCCCC.C#CC1(O)CCCC1.C#CCC(C)C.C#CCCC.C#CCCCCCC.C#CCCCCCCC.C#CCCCCCCCC.C#CCCCCCCCCCC.C#CCO.C#Cc1ccc(CC)cc1.C#Cc1cccc(C)c1. The van der Waals surface area contributed by atoms with Gasteiger partial charge in [-0.05, 0) is 125 Å². The molecule has 0 bridgehead atoms. The maximum Gasteiger partial charge on any atom is 0.125 e. The van der Waals surface area contributed by atoms with E-state index in [1.807, 2.05) is 49.2 Å². The number of aliphatic hydroxyl groups is 3. The van der Waals surface area contributed by atoms with Gasteiger partial charge in [0.2, 0.25) is 0 Å². The first-order valence-corrected chi connectivity index (χ1v) is 34.6. The Morgan fingerprint density at radius 3 is 1.02 bits per heavy atom. The van der Waals surface area contributed by atoms with Crippen LogP contribution >= 0.6 is 0 Å². The predicted molar refractivity (Wildman–Crippen MR) is 405 cm³/mol. The maximum absolute atomic E-state index is 9.26. The summed E-state index contributed by atoms with van der Waals surface area (Å²) in [5, 5.41) is 25.8. The van der Waals surface area contributed by atoms with E-state index in [0.29, 0.717) is 5.92 Å². The maximum atomic E-state index is 9.26. The molecule has 0 radical (unpaired) electrons. The van der Waals surface area contributed by atoms with Crippen LogP contribution < -0.4 is 0 Å². The summed E-state index contributed by atoms with van der Waals surface area (Å²) in [5.41, 5.74) is 3.72. The average molecular weight is 1230 g/mol. The first kappa shape index (κ1) is 99.7. The molecule has 3 nitrogen and oxygen atoms in total. The van der Waals surface area contributed by atoms with E-state index in [4.69, 9.17) is 74.4 Å². The summed E-state index contributed by atoms with van der Waals surface area (Å²) in [5.74, 6) is 28.2. The fraction of sp³-hybridized carbons (Fsp3) is 0.609. The fourth-order valence-corrected chi connectivity index (χ4v) is 7.58. The molecule has 0 spiro atoms. The molecule has 2 aromatic carbocycles. The molecule has 90 heavy (non-hydrogen) atoms. The number of hydrogen-bond donors (Lipinski definition) is 3. The molecule has 0 aromatic heterocycles. The molecule has 1 aliphatic rings. The number of rotatable bonds is 30. The Morgan fingerprint density at radius 1 is 0.433 bits per heavy atom. The van der Waals surface area contributed by atoms with Gasteiger partial charge in [-0.25, -0.2) is 0 Å². The lowest BCUT2D eigenvalue weighted by Gasteiger charge is -2.11. The zero-order chi connectivity index (χ0) is 69.7. The Balaban J connectivity index is -0.000000138. The highest BCUT2D eigenvalue weighted by Crippen LogP contribution is 2.28. The van der Waals surface area contributed by atoms with Crippen LogP contribution in [0.25, 0.3) is 0 Å². The molecule has 1 saturated carbocycles. The van der Waals surface area contributed by atoms with E-state index >= 15 is 0 Å². The van der Waals surface area contributed by atoms with Crippen LogP contribution in [0.1, 0.15) is 329 Å². The molecule has 1 unspecified atom stereocenters. The van der Waals surface area contributed by atoms with Crippen LogP contribution in [0, 0.1) is 149 Å². The number of aliphatic hydroxyl groups excluding tert-OH is 2. The van der Waals surface area contributed by atoms with Gasteiger partial charge in [-0.3, -0.25) is 0 Å². The monoisotopic (exact) mass is 1230 g/mol. The highest BCUT2D eigenvalue weighted by atomic mass is 16.3. The third kappa shape index (κ3) is 103. The van der Waals surface area contributed by atoms with Gasteiger partial charge >= 0.3 is 0 Å². The summed E-state index contributed by atoms with van der Waals surface area (Å²) in [6, 6.07) is 16.0. The Morgan fingerprint density at radius 2 is 0.789 bits per heavy atom. The van der Waals surface area contributed by atoms with Gasteiger partial charge in [0, 0.05) is 49.7 Å². The van der Waals surface area contributed by atoms with Gasteiger partial charge in [0.15, 0.2) is 0 Å². The summed E-state index contributed by atoms with van der Waals surface area (Å²) in [4.78, 5) is 0. The smallest absolute Gasteiger partial charge is 0.125 e. The van der Waals surface area contributed by atoms with Gasteiger partial charge in [0.1, 0.15) is 18.3 Å². The molecular weight excluding hydrogens is 1090 g/mol.